The summed E-state index contributed by atoms with van der Waals surface area (Å²) in [7, 11) is 16.0. The molecule has 0 aliphatic rings. The Labute approximate surface area is 576 Å². The molecule has 0 aliphatic carbocycles. The number of aryl methyl sites for hydroxylation is 4. The third-order valence-corrected chi connectivity index (χ3v) is 21.9. The number of aromatic nitrogens is 6. The van der Waals surface area contributed by atoms with Crippen molar-refractivity contribution in [1.29, 1.82) is 0 Å². The fourth-order valence-corrected chi connectivity index (χ4v) is 15.4. The van der Waals surface area contributed by atoms with E-state index in [0.29, 0.717) is 15.6 Å². The van der Waals surface area contributed by atoms with E-state index in [1.54, 1.807) is 86.2 Å². The zero-order valence-corrected chi connectivity index (χ0v) is 60.2. The van der Waals surface area contributed by atoms with Crippen LogP contribution in [-0.2, 0) is 42.3 Å². The van der Waals surface area contributed by atoms with Crippen LogP contribution in [0.15, 0.2) is 203 Å². The van der Waals surface area contributed by atoms with Crippen LogP contribution in [0.4, 0.5) is 23.4 Å². The van der Waals surface area contributed by atoms with Gasteiger partial charge in [-0.05, 0) is 108 Å². The highest BCUT2D eigenvalue weighted by Crippen LogP contribution is 2.37. The van der Waals surface area contributed by atoms with Crippen molar-refractivity contribution in [3.63, 3.8) is 0 Å². The third kappa shape index (κ3) is 17.8. The molecule has 472 valence electrons. The summed E-state index contributed by atoms with van der Waals surface area (Å²) in [6.07, 6.45) is 0. The highest BCUT2D eigenvalue weighted by atomic mass is 35.5. The van der Waals surface area contributed by atoms with E-state index in [2.05, 4.69) is 182 Å². The van der Waals surface area contributed by atoms with Gasteiger partial charge in [0.2, 0.25) is 42.8 Å². The van der Waals surface area contributed by atoms with E-state index in [1.165, 1.54) is 83.5 Å². The van der Waals surface area contributed by atoms with E-state index in [9.17, 15) is 13.2 Å². The predicted molar refractivity (Wildman–Crippen MR) is 384 cm³/mol. The molecule has 8 nitrogen and oxygen atoms in total. The molecule has 0 radical (unpaired) electrons. The highest BCUT2D eigenvalue weighted by molar-refractivity contribution is 7.19. The third-order valence-electron chi connectivity index (χ3n) is 15.0. The molecule has 13 aromatic rings. The van der Waals surface area contributed by atoms with Gasteiger partial charge in [0.25, 0.3) is 0 Å². The van der Waals surface area contributed by atoms with Gasteiger partial charge in [-0.25, -0.2) is 22.3 Å². The Morgan fingerprint density at radius 1 is 0.348 bits per heavy atom. The van der Waals surface area contributed by atoms with Gasteiger partial charge in [-0.1, -0.05) is 170 Å². The molecule has 0 fully saturated rings. The standard InChI is InChI=1S/C17H16N2S.C11H10Cl2N2S.C11H11ClNS.C11H10F2NS.C11H11FNS.C11H12NS/c1-18-17-19(2)15(13-9-5-3-6-10-13)16(20-17)14-11-7-4-8-12-14;1-14-11-15(2)10(6-16-11)8-4-3-7(12)5-9(8)13;1-8-13(2)11(7-14-8)9-3-5-10(12)6-4-9;1-7-14(2)11(6-15-7)9-4-3-8(12)5-10(9)13;1-8-13(2)11(7-14-8)9-3-5-10(12)6-4-9;1-9-12(2)11(8-13-9)10-6-4-3-5-7-10/h3-12H,1-2H3;3-6H,1-2H3;3-7H,1-2H3;3-6H,1-2H3;3-7H,1-2H3;3-8H,1-2H3/q;;4*+1/p+2. The molecule has 20 heteroatoms. The normalized spacial score (nSPS) is 10.5. The van der Waals surface area contributed by atoms with Crippen LogP contribution in [0.5, 0.6) is 0 Å². The maximum atomic E-state index is 13.5. The zero-order chi connectivity index (χ0) is 66.2. The number of hydrogen-bond acceptors (Lipinski definition) is 8. The van der Waals surface area contributed by atoms with Crippen LogP contribution in [0.1, 0.15) is 20.0 Å². The van der Waals surface area contributed by atoms with Crippen molar-refractivity contribution in [2.75, 3.05) is 24.7 Å². The Morgan fingerprint density at radius 2 is 0.728 bits per heavy atom. The van der Waals surface area contributed by atoms with E-state index in [4.69, 9.17) is 34.8 Å². The van der Waals surface area contributed by atoms with E-state index in [1.807, 2.05) is 94.6 Å². The van der Waals surface area contributed by atoms with Gasteiger partial charge in [0.1, 0.15) is 51.3 Å². The molecule has 0 unspecified atom stereocenters. The first kappa shape index (κ1) is 70.4. The number of rotatable bonds is 9. The summed E-state index contributed by atoms with van der Waals surface area (Å²) in [5, 5.41) is 26.1. The molecule has 0 amide bonds. The Kier molecular flexibility index (Phi) is 25.6. The summed E-state index contributed by atoms with van der Waals surface area (Å²) >= 11 is 28.1. The monoisotopic (exact) mass is 1400 g/mol. The van der Waals surface area contributed by atoms with E-state index in [-0.39, 0.29) is 5.82 Å². The van der Waals surface area contributed by atoms with Gasteiger partial charge in [0.05, 0.1) is 65.2 Å². The fraction of sp³-hybridized carbons (Fsp3) is 0.167. The van der Waals surface area contributed by atoms with Crippen LogP contribution >= 0.6 is 103 Å². The molecular formula is C72H72Cl3F3N8S6+6. The van der Waals surface area contributed by atoms with Crippen molar-refractivity contribution in [2.45, 2.75) is 27.7 Å². The molecule has 0 atom stereocenters. The minimum Gasteiger partial charge on any atom is -0.268 e. The molecule has 0 aliphatic heterocycles. The molecule has 7 aromatic carbocycles. The number of benzene rings is 7. The lowest BCUT2D eigenvalue weighted by Crippen LogP contribution is -2.31. The van der Waals surface area contributed by atoms with Crippen LogP contribution in [0, 0.1) is 45.1 Å². The lowest BCUT2D eigenvalue weighted by molar-refractivity contribution is -0.661. The van der Waals surface area contributed by atoms with Gasteiger partial charge < -0.3 is 0 Å². The average Bonchev–Trinajstić information content (AvgIpc) is 1.70. The second kappa shape index (κ2) is 33.4. The summed E-state index contributed by atoms with van der Waals surface area (Å²) in [6.45, 7) is 8.27. The summed E-state index contributed by atoms with van der Waals surface area (Å²) in [5.41, 5.74) is 14.3. The minimum atomic E-state index is -0.550. The largest absolute Gasteiger partial charge is 0.334 e. The highest BCUT2D eigenvalue weighted by Gasteiger charge is 2.24. The van der Waals surface area contributed by atoms with Crippen LogP contribution in [0.3, 0.4) is 0 Å². The van der Waals surface area contributed by atoms with Crippen molar-refractivity contribution in [1.82, 2.24) is 0 Å². The molecule has 92 heavy (non-hydrogen) atoms. The zero-order valence-electron chi connectivity index (χ0n) is 53.0. The van der Waals surface area contributed by atoms with Gasteiger partial charge in [-0.2, -0.15) is 18.3 Å². The molecule has 0 saturated heterocycles. The number of halogens is 6. The van der Waals surface area contributed by atoms with Crippen molar-refractivity contribution in [3.05, 3.63) is 255 Å². The molecule has 0 spiro atoms. The first-order chi connectivity index (χ1) is 44.2. The van der Waals surface area contributed by atoms with Crippen LogP contribution in [0.25, 0.3) is 78.0 Å². The van der Waals surface area contributed by atoms with E-state index >= 15 is 0 Å². The van der Waals surface area contributed by atoms with Crippen molar-refractivity contribution in [3.8, 4) is 78.0 Å². The lowest BCUT2D eigenvalue weighted by Gasteiger charge is -2.03. The Balaban J connectivity index is 0.000000143. The van der Waals surface area contributed by atoms with Gasteiger partial charge in [-0.15, -0.1) is 0 Å². The Hall–Kier alpha value is -7.42. The summed E-state index contributed by atoms with van der Waals surface area (Å²) in [5.74, 6) is -1.27. The van der Waals surface area contributed by atoms with Gasteiger partial charge in [0, 0.05) is 77.0 Å². The first-order valence-electron chi connectivity index (χ1n) is 28.9. The summed E-state index contributed by atoms with van der Waals surface area (Å²) in [6, 6.07) is 55.3. The molecule has 6 heterocycles. The van der Waals surface area contributed by atoms with Crippen LogP contribution in [0.2, 0.25) is 15.1 Å². The number of hydrogen-bond donors (Lipinski definition) is 2. The summed E-state index contributed by atoms with van der Waals surface area (Å²) < 4.78 is 51.6. The van der Waals surface area contributed by atoms with Gasteiger partial charge in [-0.3, -0.25) is 10.6 Å². The molecular weight excluding hydrogens is 1330 g/mol. The van der Waals surface area contributed by atoms with Gasteiger partial charge >= 0.3 is 10.3 Å². The molecule has 6 aromatic heterocycles. The van der Waals surface area contributed by atoms with E-state index in [0.717, 1.165) is 54.6 Å². The molecule has 13 rings (SSSR count). The maximum Gasteiger partial charge on any atom is 0.334 e. The topological polar surface area (TPSA) is 47.3 Å². The number of nitrogens with zero attached hydrogens (tertiary/aromatic N) is 6. The number of anilines is 2. The SMILES string of the molecule is CNc1sc(-c2ccccc2)c(-c2ccccc2)[n+]1C.CNc1scc(-c2ccc(Cl)cc2Cl)[n+]1C.Cc1scc(-c2ccc(Cl)cc2)[n+]1C.Cc1scc(-c2ccc(F)cc2)[n+]1C.Cc1scc(-c2ccc(F)cc2F)[n+]1C.Cc1scc(-c2ccccc2)[n+]1C. The maximum absolute atomic E-state index is 13.5. The predicted octanol–water partition coefficient (Wildman–Crippen LogP) is 18.8. The van der Waals surface area contributed by atoms with Crippen molar-refractivity contribution in [2.24, 2.45) is 42.3 Å². The first-order valence-corrected chi connectivity index (χ1v) is 35.3. The van der Waals surface area contributed by atoms with Crippen LogP contribution in [-0.4, -0.2) is 14.1 Å². The molecule has 0 saturated carbocycles. The Bertz CT molecular complexity index is 4420. The summed E-state index contributed by atoms with van der Waals surface area (Å²) in [4.78, 5) is 1.30. The molecule has 2 N–H and O–H groups in total. The molecule has 0 bridgehead atoms. The second-order valence-electron chi connectivity index (χ2n) is 20.8. The Morgan fingerprint density at radius 3 is 1.15 bits per heavy atom. The lowest BCUT2D eigenvalue weighted by atomic mass is 10.1. The van der Waals surface area contributed by atoms with Crippen LogP contribution < -0.4 is 38.0 Å². The fourth-order valence-electron chi connectivity index (χ4n) is 9.39. The smallest absolute Gasteiger partial charge is 0.268 e. The van der Waals surface area contributed by atoms with Crippen molar-refractivity contribution >= 4 is 113 Å². The average molecular weight is 1410 g/mol. The van der Waals surface area contributed by atoms with Gasteiger partial charge in [0.15, 0.2) is 5.69 Å². The van der Waals surface area contributed by atoms with E-state index < -0.39 is 11.6 Å². The minimum absolute atomic E-state index is 0.191. The second-order valence-corrected chi connectivity index (χ2v) is 28.2. The number of nitrogens with one attached hydrogen (secondary N) is 2. The quantitative estimate of drug-likeness (QED) is 0.142. The number of thiazole rings is 6. The van der Waals surface area contributed by atoms with Crippen molar-refractivity contribution < 1.29 is 40.6 Å².